The predicted octanol–water partition coefficient (Wildman–Crippen LogP) is 7.47. The van der Waals surface area contributed by atoms with E-state index in [1.54, 1.807) is 12.1 Å². The summed E-state index contributed by atoms with van der Waals surface area (Å²) in [5.41, 5.74) is 0.568. The van der Waals surface area contributed by atoms with Crippen LogP contribution in [0.3, 0.4) is 0 Å². The number of nitro benzene ring substituents is 2. The largest absolute Gasteiger partial charge is 0.385 e. The summed E-state index contributed by atoms with van der Waals surface area (Å²) in [6, 6.07) is 10.8. The summed E-state index contributed by atoms with van der Waals surface area (Å²) in [5.74, 6) is 0. The first kappa shape index (κ1) is 23.9. The number of nitrogens with zero attached hydrogens (tertiary/aromatic N) is 4. The van der Waals surface area contributed by atoms with Gasteiger partial charge in [-0.15, -0.1) is 0 Å². The van der Waals surface area contributed by atoms with E-state index in [1.165, 1.54) is 51.0 Å². The molecule has 0 spiro atoms. The fourth-order valence-corrected chi connectivity index (χ4v) is 3.13. The number of nitrogens with one attached hydrogen (secondary N) is 1. The van der Waals surface area contributed by atoms with Crippen molar-refractivity contribution in [1.82, 2.24) is 0 Å². The number of nitro groups is 2. The Hall–Kier alpha value is -3.36. The highest BCUT2D eigenvalue weighted by Crippen LogP contribution is 2.31. The highest BCUT2D eigenvalue weighted by molar-refractivity contribution is 5.60. The van der Waals surface area contributed by atoms with Gasteiger partial charge in [0.05, 0.1) is 27.3 Å². The molecule has 0 aliphatic carbocycles. The Morgan fingerprint density at radius 3 is 1.90 bits per heavy atom. The van der Waals surface area contributed by atoms with Crippen LogP contribution >= 0.6 is 0 Å². The molecule has 166 valence electrons. The van der Waals surface area contributed by atoms with E-state index < -0.39 is 21.2 Å². The van der Waals surface area contributed by atoms with Gasteiger partial charge in [0.2, 0.25) is 0 Å². The highest BCUT2D eigenvalue weighted by Gasteiger charge is 2.24. The summed E-state index contributed by atoms with van der Waals surface area (Å²) >= 11 is 0. The summed E-state index contributed by atoms with van der Waals surface area (Å²) in [5, 5.41) is 33.3. The van der Waals surface area contributed by atoms with E-state index >= 15 is 0 Å². The Morgan fingerprint density at radius 1 is 0.742 bits per heavy atom. The molecule has 0 amide bonds. The maximum absolute atomic E-state index is 11.0. The maximum Gasteiger partial charge on any atom is 0.348 e. The van der Waals surface area contributed by atoms with Gasteiger partial charge in [0.25, 0.3) is 0 Å². The van der Waals surface area contributed by atoms with Crippen molar-refractivity contribution in [3.8, 4) is 0 Å². The molecule has 31 heavy (non-hydrogen) atoms. The van der Waals surface area contributed by atoms with Gasteiger partial charge in [-0.3, -0.25) is 20.2 Å². The van der Waals surface area contributed by atoms with Gasteiger partial charge in [-0.05, 0) is 36.8 Å². The Labute approximate surface area is 181 Å². The molecule has 2 rings (SSSR count). The van der Waals surface area contributed by atoms with Crippen molar-refractivity contribution < 1.29 is 9.85 Å². The van der Waals surface area contributed by atoms with Crippen LogP contribution in [0.4, 0.5) is 28.4 Å². The number of benzene rings is 2. The molecule has 0 bridgehead atoms. The summed E-state index contributed by atoms with van der Waals surface area (Å²) in [6.07, 6.45) is 10.3. The Balaban J connectivity index is 1.79. The third-order valence-electron chi connectivity index (χ3n) is 4.86. The number of hydrogen-bond donors (Lipinski definition) is 1. The molecule has 9 nitrogen and oxygen atoms in total. The van der Waals surface area contributed by atoms with Crippen LogP contribution in [-0.4, -0.2) is 16.4 Å². The van der Waals surface area contributed by atoms with Gasteiger partial charge < -0.3 is 5.32 Å². The zero-order valence-electron chi connectivity index (χ0n) is 17.8. The molecule has 0 aromatic heterocycles. The second-order valence-corrected chi connectivity index (χ2v) is 7.34. The molecular formula is C22H29N5O4. The summed E-state index contributed by atoms with van der Waals surface area (Å²) in [6.45, 7) is 3.15. The topological polar surface area (TPSA) is 123 Å². The molecule has 0 heterocycles. The van der Waals surface area contributed by atoms with E-state index in [0.717, 1.165) is 30.8 Å². The molecule has 2 aromatic carbocycles. The van der Waals surface area contributed by atoms with Crippen LogP contribution < -0.4 is 5.32 Å². The van der Waals surface area contributed by atoms with Crippen LogP contribution in [0.25, 0.3) is 0 Å². The average molecular weight is 428 g/mol. The number of rotatable bonds is 14. The molecule has 0 aliphatic rings. The van der Waals surface area contributed by atoms with Crippen LogP contribution in [0.5, 0.6) is 0 Å². The van der Waals surface area contributed by atoms with Crippen molar-refractivity contribution in [3.05, 3.63) is 62.7 Å². The van der Waals surface area contributed by atoms with Crippen molar-refractivity contribution in [2.75, 3.05) is 11.9 Å². The molecule has 0 aliphatic heterocycles. The third kappa shape index (κ3) is 8.49. The van der Waals surface area contributed by atoms with Crippen LogP contribution in [0.2, 0.25) is 0 Å². The van der Waals surface area contributed by atoms with Crippen molar-refractivity contribution >= 4 is 28.4 Å². The zero-order valence-corrected chi connectivity index (χ0v) is 17.8. The molecule has 0 radical (unpaired) electrons. The maximum atomic E-state index is 11.0. The molecule has 1 N–H and O–H groups in total. The van der Waals surface area contributed by atoms with Crippen LogP contribution in [0.15, 0.2) is 52.7 Å². The first-order valence-corrected chi connectivity index (χ1v) is 10.7. The second kappa shape index (κ2) is 13.0. The van der Waals surface area contributed by atoms with Crippen molar-refractivity contribution in [2.45, 2.75) is 58.3 Å². The molecule has 2 aromatic rings. The Bertz CT molecular complexity index is 884. The second-order valence-electron chi connectivity index (χ2n) is 7.34. The smallest absolute Gasteiger partial charge is 0.348 e. The molecule has 0 saturated heterocycles. The quantitative estimate of drug-likeness (QED) is 0.145. The van der Waals surface area contributed by atoms with Gasteiger partial charge in [0.15, 0.2) is 0 Å². The first-order chi connectivity index (χ1) is 15.0. The number of hydrogen-bond acceptors (Lipinski definition) is 7. The average Bonchev–Trinajstić information content (AvgIpc) is 2.77. The van der Waals surface area contributed by atoms with Crippen molar-refractivity contribution in [3.63, 3.8) is 0 Å². The molecule has 0 fully saturated rings. The van der Waals surface area contributed by atoms with Gasteiger partial charge >= 0.3 is 11.4 Å². The van der Waals surface area contributed by atoms with Crippen LogP contribution in [-0.2, 0) is 0 Å². The summed E-state index contributed by atoms with van der Waals surface area (Å²) in [7, 11) is 0. The molecule has 0 unspecified atom stereocenters. The predicted molar refractivity (Wildman–Crippen MR) is 121 cm³/mol. The summed E-state index contributed by atoms with van der Waals surface area (Å²) in [4.78, 5) is 20.3. The van der Waals surface area contributed by atoms with E-state index in [1.807, 2.05) is 12.1 Å². The van der Waals surface area contributed by atoms with Crippen LogP contribution in [0, 0.1) is 20.2 Å². The van der Waals surface area contributed by atoms with E-state index in [-0.39, 0.29) is 5.69 Å². The van der Waals surface area contributed by atoms with Gasteiger partial charge in [0.1, 0.15) is 0 Å². The lowest BCUT2D eigenvalue weighted by Crippen LogP contribution is -2.00. The minimum Gasteiger partial charge on any atom is -0.385 e. The number of anilines is 1. The first-order valence-electron chi connectivity index (χ1n) is 10.7. The van der Waals surface area contributed by atoms with Gasteiger partial charge in [-0.2, -0.15) is 10.2 Å². The molecule has 9 heteroatoms. The van der Waals surface area contributed by atoms with E-state index in [2.05, 4.69) is 22.5 Å². The van der Waals surface area contributed by atoms with Gasteiger partial charge in [-0.1, -0.05) is 51.9 Å². The fourth-order valence-electron chi connectivity index (χ4n) is 3.13. The number of azo groups is 1. The zero-order chi connectivity index (χ0) is 22.5. The fraction of sp³-hybridized carbons (Fsp3) is 0.455. The van der Waals surface area contributed by atoms with E-state index in [9.17, 15) is 20.2 Å². The standard InChI is InChI=1S/C22H29N5O4/c1-2-3-4-5-6-7-8-9-16-23-18-10-12-19(13-11-18)24-25-20-14-15-21(26(28)29)22(17-20)27(30)31/h10-15,17,23H,2-9,16H2,1H3/b25-24+. The minimum absolute atomic E-state index is 0.175. The van der Waals surface area contributed by atoms with Crippen molar-refractivity contribution in [2.24, 2.45) is 10.2 Å². The lowest BCUT2D eigenvalue weighted by Gasteiger charge is -2.06. The Kier molecular flexibility index (Phi) is 10.1. The Morgan fingerprint density at radius 2 is 1.29 bits per heavy atom. The van der Waals surface area contributed by atoms with E-state index in [4.69, 9.17) is 0 Å². The summed E-state index contributed by atoms with van der Waals surface area (Å²) < 4.78 is 0. The normalized spacial score (nSPS) is 11.0. The minimum atomic E-state index is -0.802. The highest BCUT2D eigenvalue weighted by atomic mass is 16.6. The number of unbranched alkanes of at least 4 members (excludes halogenated alkanes) is 7. The third-order valence-corrected chi connectivity index (χ3v) is 4.86. The lowest BCUT2D eigenvalue weighted by molar-refractivity contribution is -0.422. The van der Waals surface area contributed by atoms with Crippen LogP contribution in [0.1, 0.15) is 58.3 Å². The molecule has 0 saturated carbocycles. The van der Waals surface area contributed by atoms with Gasteiger partial charge in [-0.25, -0.2) is 0 Å². The van der Waals surface area contributed by atoms with Crippen molar-refractivity contribution in [1.29, 1.82) is 0 Å². The molecule has 0 atom stereocenters. The lowest BCUT2D eigenvalue weighted by atomic mass is 10.1. The molecular weight excluding hydrogens is 398 g/mol. The van der Waals surface area contributed by atoms with Gasteiger partial charge in [0, 0.05) is 18.3 Å². The SMILES string of the molecule is CCCCCCCCCCNc1ccc(/N=N/c2ccc([N+](=O)[O-])c([N+](=O)[O-])c2)cc1. The monoisotopic (exact) mass is 427 g/mol. The van der Waals surface area contributed by atoms with E-state index in [0.29, 0.717) is 5.69 Å².